The summed E-state index contributed by atoms with van der Waals surface area (Å²) in [5.41, 5.74) is 3.34. The van der Waals surface area contributed by atoms with E-state index >= 15 is 0 Å². The third-order valence-corrected chi connectivity index (χ3v) is 3.43. The van der Waals surface area contributed by atoms with Crippen LogP contribution in [0.3, 0.4) is 0 Å². The fraction of sp³-hybridized carbons (Fsp3) is 0. The fourth-order valence-corrected chi connectivity index (χ4v) is 2.58. The SMILES string of the molecule is Clc1ccc2[nH]c3c4ccccc4cn3c2c1. The summed E-state index contributed by atoms with van der Waals surface area (Å²) in [5, 5.41) is 3.23. The first-order chi connectivity index (χ1) is 8.33. The van der Waals surface area contributed by atoms with Gasteiger partial charge in [0.1, 0.15) is 5.65 Å². The second kappa shape index (κ2) is 3.05. The van der Waals surface area contributed by atoms with Gasteiger partial charge in [-0.3, -0.25) is 0 Å². The maximum atomic E-state index is 6.05. The molecule has 0 unspecified atom stereocenters. The molecule has 0 saturated carbocycles. The van der Waals surface area contributed by atoms with Crippen LogP contribution in [-0.2, 0) is 0 Å². The molecule has 1 N–H and O–H groups in total. The van der Waals surface area contributed by atoms with Gasteiger partial charge in [-0.05, 0) is 18.2 Å². The minimum absolute atomic E-state index is 0.760. The van der Waals surface area contributed by atoms with Crippen molar-refractivity contribution in [3.8, 4) is 0 Å². The lowest BCUT2D eigenvalue weighted by Crippen LogP contribution is -1.75. The molecule has 2 heterocycles. The van der Waals surface area contributed by atoms with E-state index in [1.54, 1.807) is 0 Å². The minimum Gasteiger partial charge on any atom is -0.339 e. The van der Waals surface area contributed by atoms with Gasteiger partial charge in [-0.2, -0.15) is 0 Å². The molecule has 0 aliphatic carbocycles. The van der Waals surface area contributed by atoms with Gasteiger partial charge in [0.25, 0.3) is 0 Å². The molecular formula is C14H9ClN2. The average Bonchev–Trinajstić information content (AvgIpc) is 2.85. The standard InChI is InChI=1S/C14H9ClN2/c15-10-5-6-12-13(7-10)17-8-9-3-1-2-4-11(9)14(17)16-12/h1-8,16H. The second-order valence-corrected chi connectivity index (χ2v) is 4.66. The van der Waals surface area contributed by atoms with Crippen LogP contribution in [0.15, 0.2) is 48.7 Å². The number of hydrogen-bond donors (Lipinski definition) is 1. The second-order valence-electron chi connectivity index (χ2n) is 4.22. The number of halogens is 1. The Morgan fingerprint density at radius 3 is 2.88 bits per heavy atom. The number of aromatic nitrogens is 2. The Hall–Kier alpha value is -1.93. The monoisotopic (exact) mass is 240 g/mol. The molecule has 0 fully saturated rings. The Labute approximate surface area is 102 Å². The minimum atomic E-state index is 0.760. The van der Waals surface area contributed by atoms with Crippen molar-refractivity contribution in [2.24, 2.45) is 0 Å². The summed E-state index contributed by atoms with van der Waals surface area (Å²) in [6.07, 6.45) is 2.14. The summed E-state index contributed by atoms with van der Waals surface area (Å²) >= 11 is 6.05. The topological polar surface area (TPSA) is 20.2 Å². The first kappa shape index (κ1) is 9.14. The summed E-state index contributed by atoms with van der Waals surface area (Å²) in [7, 11) is 0. The predicted molar refractivity (Wildman–Crippen MR) is 71.8 cm³/mol. The highest BCUT2D eigenvalue weighted by molar-refractivity contribution is 6.31. The zero-order valence-electron chi connectivity index (χ0n) is 8.94. The third-order valence-electron chi connectivity index (χ3n) is 3.20. The first-order valence-corrected chi connectivity index (χ1v) is 5.88. The number of aromatic amines is 1. The van der Waals surface area contributed by atoms with Gasteiger partial charge in [0.2, 0.25) is 0 Å². The molecule has 4 aromatic rings. The number of rotatable bonds is 0. The molecule has 0 aliphatic rings. The predicted octanol–water partition coefficient (Wildman–Crippen LogP) is 4.23. The van der Waals surface area contributed by atoms with Gasteiger partial charge in [0, 0.05) is 22.0 Å². The summed E-state index contributed by atoms with van der Waals surface area (Å²) in [6.45, 7) is 0. The van der Waals surface area contributed by atoms with Gasteiger partial charge < -0.3 is 9.38 Å². The molecule has 0 aliphatic heterocycles. The maximum absolute atomic E-state index is 6.05. The third kappa shape index (κ3) is 1.16. The Morgan fingerprint density at radius 2 is 1.94 bits per heavy atom. The molecule has 0 radical (unpaired) electrons. The highest BCUT2D eigenvalue weighted by Crippen LogP contribution is 2.27. The van der Waals surface area contributed by atoms with Crippen LogP contribution in [0.25, 0.3) is 27.5 Å². The van der Waals surface area contributed by atoms with Crippen molar-refractivity contribution >= 4 is 39.1 Å². The molecular weight excluding hydrogens is 232 g/mol. The van der Waals surface area contributed by atoms with Crippen LogP contribution in [0.4, 0.5) is 0 Å². The molecule has 2 aromatic heterocycles. The zero-order valence-corrected chi connectivity index (χ0v) is 9.70. The zero-order chi connectivity index (χ0) is 11.4. The lowest BCUT2D eigenvalue weighted by molar-refractivity contribution is 1.29. The van der Waals surface area contributed by atoms with Crippen LogP contribution in [-0.4, -0.2) is 9.38 Å². The van der Waals surface area contributed by atoms with Crippen LogP contribution in [0.2, 0.25) is 5.02 Å². The number of imidazole rings is 1. The number of nitrogens with zero attached hydrogens (tertiary/aromatic N) is 1. The largest absolute Gasteiger partial charge is 0.339 e. The summed E-state index contributed by atoms with van der Waals surface area (Å²) in [6, 6.07) is 14.3. The molecule has 0 amide bonds. The number of nitrogens with one attached hydrogen (secondary N) is 1. The van der Waals surface area contributed by atoms with E-state index in [1.807, 2.05) is 18.2 Å². The number of H-pyrrole nitrogens is 1. The van der Waals surface area contributed by atoms with Crippen molar-refractivity contribution in [3.63, 3.8) is 0 Å². The molecule has 0 saturated heterocycles. The summed E-state index contributed by atoms with van der Waals surface area (Å²) in [5.74, 6) is 0. The average molecular weight is 241 g/mol. The molecule has 0 bridgehead atoms. The quantitative estimate of drug-likeness (QED) is 0.475. The van der Waals surface area contributed by atoms with E-state index in [-0.39, 0.29) is 0 Å². The van der Waals surface area contributed by atoms with Gasteiger partial charge in [-0.1, -0.05) is 35.9 Å². The molecule has 4 rings (SSSR count). The Bertz CT molecular complexity index is 854. The van der Waals surface area contributed by atoms with Crippen molar-refractivity contribution in [1.82, 2.24) is 9.38 Å². The molecule has 2 nitrogen and oxygen atoms in total. The molecule has 3 heteroatoms. The van der Waals surface area contributed by atoms with E-state index < -0.39 is 0 Å². The molecule has 0 atom stereocenters. The van der Waals surface area contributed by atoms with Gasteiger partial charge in [-0.15, -0.1) is 0 Å². The van der Waals surface area contributed by atoms with E-state index in [9.17, 15) is 0 Å². The van der Waals surface area contributed by atoms with Gasteiger partial charge in [0.15, 0.2) is 0 Å². The highest BCUT2D eigenvalue weighted by atomic mass is 35.5. The highest BCUT2D eigenvalue weighted by Gasteiger charge is 2.08. The van der Waals surface area contributed by atoms with E-state index in [0.29, 0.717) is 0 Å². The summed E-state index contributed by atoms with van der Waals surface area (Å²) in [4.78, 5) is 3.43. The van der Waals surface area contributed by atoms with E-state index in [4.69, 9.17) is 11.6 Å². The Balaban J connectivity index is 2.30. The van der Waals surface area contributed by atoms with Crippen LogP contribution >= 0.6 is 11.6 Å². The molecule has 82 valence electrons. The molecule has 2 aromatic carbocycles. The Kier molecular flexibility index (Phi) is 1.64. The van der Waals surface area contributed by atoms with Gasteiger partial charge in [0.05, 0.1) is 11.0 Å². The normalized spacial score (nSPS) is 11.8. The fourth-order valence-electron chi connectivity index (χ4n) is 2.41. The van der Waals surface area contributed by atoms with Crippen LogP contribution in [0.5, 0.6) is 0 Å². The first-order valence-electron chi connectivity index (χ1n) is 5.50. The van der Waals surface area contributed by atoms with E-state index in [0.717, 1.165) is 21.7 Å². The number of fused-ring (bicyclic) bond motifs is 5. The Morgan fingerprint density at radius 1 is 1.06 bits per heavy atom. The van der Waals surface area contributed by atoms with E-state index in [1.165, 1.54) is 10.8 Å². The smallest absolute Gasteiger partial charge is 0.123 e. The van der Waals surface area contributed by atoms with Gasteiger partial charge >= 0.3 is 0 Å². The van der Waals surface area contributed by atoms with Crippen LogP contribution < -0.4 is 0 Å². The van der Waals surface area contributed by atoms with Crippen LogP contribution in [0.1, 0.15) is 0 Å². The van der Waals surface area contributed by atoms with Crippen molar-refractivity contribution in [2.45, 2.75) is 0 Å². The van der Waals surface area contributed by atoms with Crippen LogP contribution in [0, 0.1) is 0 Å². The number of benzene rings is 2. The van der Waals surface area contributed by atoms with Crippen molar-refractivity contribution in [1.29, 1.82) is 0 Å². The van der Waals surface area contributed by atoms with Crippen molar-refractivity contribution < 1.29 is 0 Å². The molecule has 0 spiro atoms. The van der Waals surface area contributed by atoms with E-state index in [2.05, 4.69) is 39.8 Å². The number of hydrogen-bond acceptors (Lipinski definition) is 0. The van der Waals surface area contributed by atoms with Gasteiger partial charge in [-0.25, -0.2) is 0 Å². The summed E-state index contributed by atoms with van der Waals surface area (Å²) < 4.78 is 2.16. The lowest BCUT2D eigenvalue weighted by atomic mass is 10.2. The maximum Gasteiger partial charge on any atom is 0.123 e. The van der Waals surface area contributed by atoms with Crippen molar-refractivity contribution in [2.75, 3.05) is 0 Å². The van der Waals surface area contributed by atoms with Crippen molar-refractivity contribution in [3.05, 3.63) is 53.7 Å². The lowest BCUT2D eigenvalue weighted by Gasteiger charge is -1.91. The molecule has 17 heavy (non-hydrogen) atoms.